The Balaban J connectivity index is 2.96. The lowest BCUT2D eigenvalue weighted by atomic mass is 10.2. The van der Waals surface area contributed by atoms with Crippen molar-refractivity contribution in [2.24, 2.45) is 0 Å². The molecule has 0 aliphatic carbocycles. The normalized spacial score (nSPS) is 12.0. The van der Waals surface area contributed by atoms with Crippen LogP contribution in [-0.2, 0) is 15.0 Å². The number of hydrogen-bond donors (Lipinski definition) is 2. The van der Waals surface area contributed by atoms with Crippen molar-refractivity contribution in [1.82, 2.24) is 0 Å². The summed E-state index contributed by atoms with van der Waals surface area (Å²) >= 11 is 0. The third kappa shape index (κ3) is 4.74. The quantitative estimate of drug-likeness (QED) is 0.644. The van der Waals surface area contributed by atoms with Crippen LogP contribution < -0.4 is 5.32 Å². The number of anilines is 1. The number of carbonyl (C=O) groups is 1. The lowest BCUT2D eigenvalue weighted by Crippen LogP contribution is -2.27. The Kier molecular flexibility index (Phi) is 4.04. The number of hydrogen-bond acceptors (Lipinski definition) is 5. The predicted molar refractivity (Wildman–Crippen MR) is 66.3 cm³/mol. The van der Waals surface area contributed by atoms with Gasteiger partial charge in [0.05, 0.1) is 0 Å². The van der Waals surface area contributed by atoms with E-state index >= 15 is 0 Å². The van der Waals surface area contributed by atoms with Crippen LogP contribution in [-0.4, -0.2) is 25.2 Å². The van der Waals surface area contributed by atoms with Gasteiger partial charge in [-0.25, -0.2) is 4.79 Å². The summed E-state index contributed by atoms with van der Waals surface area (Å²) in [5.41, 5.74) is -0.737. The second-order valence-electron chi connectivity index (χ2n) is 4.75. The maximum atomic E-state index is 12.8. The lowest BCUT2D eigenvalue weighted by molar-refractivity contribution is 0.0636. The molecule has 8 heteroatoms. The van der Waals surface area contributed by atoms with E-state index in [1.54, 1.807) is 20.8 Å². The van der Waals surface area contributed by atoms with Crippen LogP contribution in [0.1, 0.15) is 20.8 Å². The minimum absolute atomic E-state index is 0.0109. The van der Waals surface area contributed by atoms with Crippen LogP contribution in [0.5, 0.6) is 5.75 Å². The van der Waals surface area contributed by atoms with E-state index in [1.807, 2.05) is 0 Å². The molecule has 0 spiro atoms. The van der Waals surface area contributed by atoms with Gasteiger partial charge in [-0.3, -0.25) is 5.32 Å². The molecule has 0 aliphatic rings. The molecule has 0 aliphatic heterocycles. The molecular formula is C11H14FNO5S. The number of aromatic hydroxyl groups is 1. The number of carbonyl (C=O) groups excluding carboxylic acids is 1. The van der Waals surface area contributed by atoms with Crippen molar-refractivity contribution in [1.29, 1.82) is 0 Å². The standard InChI is InChI=1S/C11H14FNO5S/c1-11(2,3)18-10(15)13-7-4-5-8(14)9(6-7)19(12,16)17/h4-6,14H,1-3H3,(H,13,15). The van der Waals surface area contributed by atoms with Gasteiger partial charge in [-0.05, 0) is 39.0 Å². The van der Waals surface area contributed by atoms with Crippen LogP contribution in [0.2, 0.25) is 0 Å². The van der Waals surface area contributed by atoms with Crippen LogP contribution in [0.4, 0.5) is 14.4 Å². The van der Waals surface area contributed by atoms with Crippen molar-refractivity contribution in [2.75, 3.05) is 5.32 Å². The fraction of sp³-hybridized carbons (Fsp3) is 0.364. The van der Waals surface area contributed by atoms with Gasteiger partial charge >= 0.3 is 16.3 Å². The summed E-state index contributed by atoms with van der Waals surface area (Å²) in [4.78, 5) is 10.5. The van der Waals surface area contributed by atoms with Crippen LogP contribution in [0.3, 0.4) is 0 Å². The van der Waals surface area contributed by atoms with E-state index in [1.165, 1.54) is 6.07 Å². The van der Waals surface area contributed by atoms with E-state index in [4.69, 9.17) is 4.74 Å². The van der Waals surface area contributed by atoms with Gasteiger partial charge in [-0.15, -0.1) is 3.89 Å². The minimum Gasteiger partial charge on any atom is -0.506 e. The molecule has 1 amide bonds. The summed E-state index contributed by atoms with van der Waals surface area (Å²) in [7, 11) is -5.07. The van der Waals surface area contributed by atoms with Gasteiger partial charge in [0.1, 0.15) is 16.2 Å². The number of rotatable bonds is 2. The Morgan fingerprint density at radius 2 is 1.95 bits per heavy atom. The van der Waals surface area contributed by atoms with Gasteiger partial charge in [0, 0.05) is 5.69 Å². The molecule has 0 fully saturated rings. The van der Waals surface area contributed by atoms with Crippen molar-refractivity contribution >= 4 is 22.0 Å². The summed E-state index contributed by atoms with van der Waals surface area (Å²) in [6.07, 6.45) is -0.819. The van der Waals surface area contributed by atoms with Crippen LogP contribution in [0.25, 0.3) is 0 Å². The average Bonchev–Trinajstić information content (AvgIpc) is 2.16. The molecule has 0 unspecified atom stereocenters. The third-order valence-corrected chi connectivity index (χ3v) is 2.72. The highest BCUT2D eigenvalue weighted by atomic mass is 32.3. The summed E-state index contributed by atoms with van der Waals surface area (Å²) in [6.45, 7) is 4.96. The van der Waals surface area contributed by atoms with Gasteiger partial charge in [0.25, 0.3) is 0 Å². The molecule has 0 aromatic heterocycles. The van der Waals surface area contributed by atoms with Crippen molar-refractivity contribution < 1.29 is 26.9 Å². The van der Waals surface area contributed by atoms with Crippen LogP contribution in [0.15, 0.2) is 23.1 Å². The minimum atomic E-state index is -5.07. The first kappa shape index (κ1) is 15.2. The lowest BCUT2D eigenvalue weighted by Gasteiger charge is -2.19. The number of ether oxygens (including phenoxy) is 1. The van der Waals surface area contributed by atoms with Crippen molar-refractivity contribution in [2.45, 2.75) is 31.3 Å². The van der Waals surface area contributed by atoms with E-state index < -0.39 is 32.6 Å². The number of amides is 1. The maximum absolute atomic E-state index is 12.8. The van der Waals surface area contributed by atoms with Gasteiger partial charge in [0.15, 0.2) is 0 Å². The van der Waals surface area contributed by atoms with Crippen molar-refractivity contribution in [3.63, 3.8) is 0 Å². The molecule has 1 aromatic carbocycles. The zero-order chi connectivity index (χ0) is 14.8. The first-order valence-corrected chi connectivity index (χ1v) is 6.65. The molecule has 0 saturated carbocycles. The SMILES string of the molecule is CC(C)(C)OC(=O)Nc1ccc(O)c(S(=O)(=O)F)c1. The van der Waals surface area contributed by atoms with Gasteiger partial charge in [0.2, 0.25) is 0 Å². The Hall–Kier alpha value is -1.83. The molecule has 0 heterocycles. The van der Waals surface area contributed by atoms with Crippen LogP contribution >= 0.6 is 0 Å². The zero-order valence-electron chi connectivity index (χ0n) is 10.6. The fourth-order valence-electron chi connectivity index (χ4n) is 1.21. The van der Waals surface area contributed by atoms with E-state index in [0.29, 0.717) is 0 Å². The number of nitrogens with one attached hydrogen (secondary N) is 1. The average molecular weight is 291 g/mol. The largest absolute Gasteiger partial charge is 0.506 e. The summed E-state index contributed by atoms with van der Waals surface area (Å²) < 4.78 is 39.3. The number of phenols is 1. The van der Waals surface area contributed by atoms with E-state index in [9.17, 15) is 22.2 Å². The zero-order valence-corrected chi connectivity index (χ0v) is 11.4. The maximum Gasteiger partial charge on any atom is 0.412 e. The third-order valence-electron chi connectivity index (χ3n) is 1.87. The molecule has 0 atom stereocenters. The molecule has 106 valence electrons. The monoisotopic (exact) mass is 291 g/mol. The van der Waals surface area contributed by atoms with Crippen LogP contribution in [0, 0.1) is 0 Å². The molecular weight excluding hydrogens is 277 g/mol. The Morgan fingerprint density at radius 3 is 2.42 bits per heavy atom. The molecule has 19 heavy (non-hydrogen) atoms. The fourth-order valence-corrected chi connectivity index (χ4v) is 1.79. The first-order valence-electron chi connectivity index (χ1n) is 5.27. The van der Waals surface area contributed by atoms with Crippen molar-refractivity contribution in [3.05, 3.63) is 18.2 Å². The van der Waals surface area contributed by atoms with Gasteiger partial charge in [-0.2, -0.15) is 8.42 Å². The first-order chi connectivity index (χ1) is 8.49. The van der Waals surface area contributed by atoms with Gasteiger partial charge < -0.3 is 9.84 Å². The highest BCUT2D eigenvalue weighted by Crippen LogP contribution is 2.27. The highest BCUT2D eigenvalue weighted by molar-refractivity contribution is 7.86. The Labute approximate surface area is 110 Å². The summed E-state index contributed by atoms with van der Waals surface area (Å²) in [5.74, 6) is -0.739. The molecule has 2 N–H and O–H groups in total. The highest BCUT2D eigenvalue weighted by Gasteiger charge is 2.20. The topological polar surface area (TPSA) is 92.7 Å². The second kappa shape index (κ2) is 5.04. The summed E-state index contributed by atoms with van der Waals surface area (Å²) in [5, 5.41) is 11.5. The van der Waals surface area contributed by atoms with Gasteiger partial charge in [-0.1, -0.05) is 0 Å². The molecule has 0 saturated heterocycles. The Bertz CT molecular complexity index is 592. The number of benzene rings is 1. The molecule has 0 bridgehead atoms. The van der Waals surface area contributed by atoms with E-state index in [2.05, 4.69) is 5.32 Å². The number of halogens is 1. The number of phenolic OH excluding ortho intramolecular Hbond substituents is 1. The summed E-state index contributed by atoms with van der Waals surface area (Å²) in [6, 6.07) is 2.97. The second-order valence-corrected chi connectivity index (χ2v) is 6.06. The van der Waals surface area contributed by atoms with Crippen molar-refractivity contribution in [3.8, 4) is 5.75 Å². The smallest absolute Gasteiger partial charge is 0.412 e. The molecule has 6 nitrogen and oxygen atoms in total. The Morgan fingerprint density at radius 1 is 1.37 bits per heavy atom. The molecule has 1 aromatic rings. The van der Waals surface area contributed by atoms with E-state index in [-0.39, 0.29) is 5.69 Å². The molecule has 1 rings (SSSR count). The molecule has 0 radical (unpaired) electrons. The van der Waals surface area contributed by atoms with E-state index in [0.717, 1.165) is 12.1 Å². The predicted octanol–water partition coefficient (Wildman–Crippen LogP) is 2.40.